The Balaban J connectivity index is 2.37. The zero-order valence-corrected chi connectivity index (χ0v) is 20.1. The van der Waals surface area contributed by atoms with Crippen molar-refractivity contribution in [2.45, 2.75) is 33.6 Å². The summed E-state index contributed by atoms with van der Waals surface area (Å²) in [6.45, 7) is 6.46. The fourth-order valence-electron chi connectivity index (χ4n) is 3.40. The molecule has 0 aliphatic heterocycles. The molecule has 0 unspecified atom stereocenters. The molecule has 1 heterocycles. The summed E-state index contributed by atoms with van der Waals surface area (Å²) in [4.78, 5) is 26.4. The number of carbonyl (C=O) groups is 1. The number of benzene rings is 2. The Labute approximate surface area is 197 Å². The van der Waals surface area contributed by atoms with Crippen LogP contribution in [0.2, 0.25) is 0 Å². The number of aromatic nitrogens is 1. The smallest absolute Gasteiger partial charge is 0.273 e. The van der Waals surface area contributed by atoms with Crippen LogP contribution in [0, 0.1) is 25.2 Å². The zero-order chi connectivity index (χ0) is 24.0. The number of rotatable bonds is 7. The predicted octanol–water partition coefficient (Wildman–Crippen LogP) is 2.94. The lowest BCUT2D eigenvalue weighted by Gasteiger charge is -2.09. The number of aryl methyl sites for hydroxylation is 2. The maximum Gasteiger partial charge on any atom is 0.273 e. The maximum absolute atomic E-state index is 13.6. The van der Waals surface area contributed by atoms with Gasteiger partial charge in [0.05, 0.1) is 17.3 Å². The molecule has 0 saturated carbocycles. The molecule has 0 aliphatic carbocycles. The van der Waals surface area contributed by atoms with Gasteiger partial charge in [-0.15, -0.1) is 11.3 Å². The summed E-state index contributed by atoms with van der Waals surface area (Å²) in [5.74, 6) is -0.0187. The van der Waals surface area contributed by atoms with Gasteiger partial charge >= 0.3 is 0 Å². The molecule has 0 aliphatic rings. The van der Waals surface area contributed by atoms with Gasteiger partial charge in [0.1, 0.15) is 16.5 Å². The van der Waals surface area contributed by atoms with Crippen molar-refractivity contribution in [1.29, 1.82) is 5.26 Å². The van der Waals surface area contributed by atoms with E-state index in [4.69, 9.17) is 4.74 Å². The van der Waals surface area contributed by atoms with Crippen molar-refractivity contribution in [3.8, 4) is 17.5 Å². The van der Waals surface area contributed by atoms with Crippen molar-refractivity contribution >= 4 is 28.9 Å². The van der Waals surface area contributed by atoms with Gasteiger partial charge in [0.25, 0.3) is 11.5 Å². The summed E-state index contributed by atoms with van der Waals surface area (Å²) >= 11 is 1.13. The minimum absolute atomic E-state index is 0.0975. The van der Waals surface area contributed by atoms with E-state index in [9.17, 15) is 14.9 Å². The van der Waals surface area contributed by atoms with Gasteiger partial charge in [-0.2, -0.15) is 5.26 Å². The molecule has 0 radical (unpaired) electrons. The molecule has 3 rings (SSSR count). The lowest BCUT2D eigenvalue weighted by Crippen LogP contribution is -2.34. The lowest BCUT2D eigenvalue weighted by molar-refractivity contribution is -0.115. The van der Waals surface area contributed by atoms with Gasteiger partial charge in [0.15, 0.2) is 5.57 Å². The molecule has 33 heavy (non-hydrogen) atoms. The van der Waals surface area contributed by atoms with E-state index in [0.717, 1.165) is 40.9 Å². The predicted molar refractivity (Wildman–Crippen MR) is 132 cm³/mol. The van der Waals surface area contributed by atoms with Crippen LogP contribution in [0.25, 0.3) is 17.3 Å². The molecule has 1 amide bonds. The first-order valence-electron chi connectivity index (χ1n) is 10.8. The van der Waals surface area contributed by atoms with Crippen LogP contribution in [0.3, 0.4) is 0 Å². The lowest BCUT2D eigenvalue weighted by atomic mass is 10.1. The van der Waals surface area contributed by atoms with Crippen molar-refractivity contribution in [1.82, 2.24) is 9.88 Å². The number of unbranched alkanes of at least 4 members (excludes halogenated alkanes) is 1. The normalized spacial score (nSPS) is 12.3. The summed E-state index contributed by atoms with van der Waals surface area (Å²) in [7, 11) is 1.52. The number of methoxy groups -OCH3 is 1. The van der Waals surface area contributed by atoms with Crippen LogP contribution in [0.5, 0.6) is 5.75 Å². The third kappa shape index (κ3) is 5.24. The molecule has 2 aromatic carbocycles. The minimum atomic E-state index is -0.492. The molecule has 7 heteroatoms. The summed E-state index contributed by atoms with van der Waals surface area (Å²) in [6, 6.07) is 15.1. The zero-order valence-electron chi connectivity index (χ0n) is 19.3. The fourth-order valence-corrected chi connectivity index (χ4v) is 4.49. The highest BCUT2D eigenvalue weighted by Crippen LogP contribution is 2.20. The standard InChI is InChI=1S/C26H27N3O3S/c1-5-6-13-28-24(30)20(16-27)26-29(21-9-7-8-10-22(21)32-4)25(31)23(33-26)15-19-14-17(2)11-12-18(19)3/h7-12,14-15H,5-6,13H2,1-4H3,(H,28,30)/b23-15-,26-20-. The first-order valence-corrected chi connectivity index (χ1v) is 11.6. The van der Waals surface area contributed by atoms with E-state index in [1.807, 2.05) is 51.1 Å². The SMILES string of the molecule is CCCCNC(=O)/C(C#N)=c1\s/c(=C\c2cc(C)ccc2C)c(=O)n1-c1ccccc1OC. The number of hydrogen-bond acceptors (Lipinski definition) is 5. The van der Waals surface area contributed by atoms with Crippen LogP contribution in [-0.4, -0.2) is 24.1 Å². The van der Waals surface area contributed by atoms with Crippen molar-refractivity contribution in [2.75, 3.05) is 13.7 Å². The average molecular weight is 462 g/mol. The van der Waals surface area contributed by atoms with Gasteiger partial charge in [0, 0.05) is 6.54 Å². The molecule has 3 aromatic rings. The highest BCUT2D eigenvalue weighted by molar-refractivity contribution is 7.07. The fraction of sp³-hybridized carbons (Fsp3) is 0.269. The van der Waals surface area contributed by atoms with Gasteiger partial charge in [0.2, 0.25) is 0 Å². The Hall–Kier alpha value is -3.63. The van der Waals surface area contributed by atoms with Crippen LogP contribution in [-0.2, 0) is 4.79 Å². The second kappa shape index (κ2) is 10.8. The van der Waals surface area contributed by atoms with Gasteiger partial charge in [-0.3, -0.25) is 14.2 Å². The van der Waals surface area contributed by atoms with Crippen LogP contribution < -0.4 is 24.8 Å². The molecular formula is C26H27N3O3S. The number of amides is 1. The van der Waals surface area contributed by atoms with Crippen LogP contribution in [0.1, 0.15) is 36.5 Å². The third-order valence-electron chi connectivity index (χ3n) is 5.24. The molecule has 0 atom stereocenters. The molecule has 1 aromatic heterocycles. The van der Waals surface area contributed by atoms with Crippen LogP contribution in [0.15, 0.2) is 47.3 Å². The van der Waals surface area contributed by atoms with E-state index in [-0.39, 0.29) is 15.8 Å². The topological polar surface area (TPSA) is 84.1 Å². The summed E-state index contributed by atoms with van der Waals surface area (Å²) in [6.07, 6.45) is 3.54. The second-order valence-corrected chi connectivity index (χ2v) is 8.72. The van der Waals surface area contributed by atoms with Crippen molar-refractivity contribution in [3.05, 3.63) is 78.7 Å². The Morgan fingerprint density at radius 1 is 1.24 bits per heavy atom. The second-order valence-electron chi connectivity index (χ2n) is 7.68. The number of para-hydroxylation sites is 2. The Morgan fingerprint density at radius 2 is 2.00 bits per heavy atom. The molecule has 1 N–H and O–H groups in total. The maximum atomic E-state index is 13.6. The molecular weight excluding hydrogens is 434 g/mol. The quantitative estimate of drug-likeness (QED) is 0.549. The Bertz CT molecular complexity index is 1390. The summed E-state index contributed by atoms with van der Waals surface area (Å²) in [5, 5.41) is 12.7. The molecule has 0 saturated heterocycles. The number of ether oxygens (including phenoxy) is 1. The summed E-state index contributed by atoms with van der Waals surface area (Å²) in [5.41, 5.74) is 3.09. The Morgan fingerprint density at radius 3 is 2.70 bits per heavy atom. The van der Waals surface area contributed by atoms with Crippen molar-refractivity contribution in [2.24, 2.45) is 0 Å². The first-order chi connectivity index (χ1) is 15.9. The van der Waals surface area contributed by atoms with Crippen LogP contribution in [0.4, 0.5) is 0 Å². The summed E-state index contributed by atoms with van der Waals surface area (Å²) < 4.78 is 7.57. The molecule has 6 nitrogen and oxygen atoms in total. The monoisotopic (exact) mass is 461 g/mol. The van der Waals surface area contributed by atoms with Gasteiger partial charge in [-0.05, 0) is 49.6 Å². The average Bonchev–Trinajstić information content (AvgIpc) is 3.12. The Kier molecular flexibility index (Phi) is 7.86. The third-order valence-corrected chi connectivity index (χ3v) is 6.33. The molecule has 170 valence electrons. The van der Waals surface area contributed by atoms with Crippen LogP contribution >= 0.6 is 11.3 Å². The van der Waals surface area contributed by atoms with Gasteiger partial charge in [-0.1, -0.05) is 49.2 Å². The van der Waals surface area contributed by atoms with Crippen molar-refractivity contribution < 1.29 is 9.53 Å². The minimum Gasteiger partial charge on any atom is -0.495 e. The first kappa shape index (κ1) is 24.0. The molecule has 0 spiro atoms. The van der Waals surface area contributed by atoms with E-state index in [1.165, 1.54) is 11.7 Å². The van der Waals surface area contributed by atoms with E-state index < -0.39 is 5.91 Å². The number of nitrogens with one attached hydrogen (secondary N) is 1. The highest BCUT2D eigenvalue weighted by Gasteiger charge is 2.18. The molecule has 0 bridgehead atoms. The van der Waals surface area contributed by atoms with Crippen molar-refractivity contribution in [3.63, 3.8) is 0 Å². The van der Waals surface area contributed by atoms with E-state index in [2.05, 4.69) is 5.32 Å². The van der Waals surface area contributed by atoms with E-state index in [1.54, 1.807) is 24.3 Å². The van der Waals surface area contributed by atoms with Gasteiger partial charge < -0.3 is 10.1 Å². The van der Waals surface area contributed by atoms with Gasteiger partial charge in [-0.25, -0.2) is 0 Å². The van der Waals surface area contributed by atoms with E-state index >= 15 is 0 Å². The number of hydrogen-bond donors (Lipinski definition) is 1. The number of carbonyl (C=O) groups excluding carboxylic acids is 1. The number of nitriles is 1. The van der Waals surface area contributed by atoms with E-state index in [0.29, 0.717) is 22.5 Å². The molecule has 0 fully saturated rings. The largest absolute Gasteiger partial charge is 0.495 e. The number of thiazole rings is 1. The highest BCUT2D eigenvalue weighted by atomic mass is 32.1. The number of nitrogens with zero attached hydrogens (tertiary/aromatic N) is 2.